The number of benzene rings is 3. The van der Waals surface area contributed by atoms with Crippen molar-refractivity contribution in [3.8, 4) is 22.6 Å². The molecule has 1 fully saturated rings. The SMILES string of the molecule is CS(=O)(=O)Nc1cc(NC(=O)c2ccc(-c3ccc(C(F)(F)F)cc3)c(OCCCN3CCOCC3)c2)ccc1O.Cl. The lowest BCUT2D eigenvalue weighted by atomic mass is 10.0. The molecule has 14 heteroatoms. The van der Waals surface area contributed by atoms with E-state index in [1.807, 2.05) is 0 Å². The number of halogens is 4. The zero-order valence-corrected chi connectivity index (χ0v) is 24.2. The third kappa shape index (κ3) is 9.24. The number of alkyl halides is 3. The average molecular weight is 630 g/mol. The second-order valence-corrected chi connectivity index (χ2v) is 11.3. The third-order valence-electron chi connectivity index (χ3n) is 6.30. The minimum atomic E-state index is -4.47. The molecule has 3 aromatic rings. The molecule has 0 unspecified atom stereocenters. The number of hydrogen-bond acceptors (Lipinski definition) is 7. The van der Waals surface area contributed by atoms with Crippen molar-refractivity contribution in [1.82, 2.24) is 4.90 Å². The highest BCUT2D eigenvalue weighted by Gasteiger charge is 2.30. The fraction of sp³-hybridized carbons (Fsp3) is 0.321. The summed E-state index contributed by atoms with van der Waals surface area (Å²) in [5.41, 5.74) is 0.554. The highest BCUT2D eigenvalue weighted by molar-refractivity contribution is 7.92. The largest absolute Gasteiger partial charge is 0.506 e. The van der Waals surface area contributed by atoms with Crippen LogP contribution in [0.4, 0.5) is 24.5 Å². The highest BCUT2D eigenvalue weighted by Crippen LogP contribution is 2.35. The Morgan fingerprint density at radius 3 is 2.38 bits per heavy atom. The summed E-state index contributed by atoms with van der Waals surface area (Å²) >= 11 is 0. The molecule has 3 aromatic carbocycles. The van der Waals surface area contributed by atoms with Gasteiger partial charge in [0.1, 0.15) is 11.5 Å². The van der Waals surface area contributed by atoms with Gasteiger partial charge in [-0.25, -0.2) is 8.42 Å². The van der Waals surface area contributed by atoms with Crippen molar-refractivity contribution in [2.45, 2.75) is 12.6 Å². The van der Waals surface area contributed by atoms with Gasteiger partial charge in [-0.2, -0.15) is 13.2 Å². The Morgan fingerprint density at radius 1 is 1.05 bits per heavy atom. The monoisotopic (exact) mass is 629 g/mol. The zero-order valence-electron chi connectivity index (χ0n) is 22.6. The first-order chi connectivity index (χ1) is 19.4. The van der Waals surface area contributed by atoms with Crippen molar-refractivity contribution in [2.24, 2.45) is 0 Å². The lowest BCUT2D eigenvalue weighted by Crippen LogP contribution is -2.37. The van der Waals surface area contributed by atoms with Gasteiger partial charge in [-0.3, -0.25) is 14.4 Å². The summed E-state index contributed by atoms with van der Waals surface area (Å²) < 4.78 is 76.0. The van der Waals surface area contributed by atoms with E-state index in [9.17, 15) is 31.5 Å². The van der Waals surface area contributed by atoms with Gasteiger partial charge >= 0.3 is 6.18 Å². The Morgan fingerprint density at radius 2 is 1.74 bits per heavy atom. The first-order valence-electron chi connectivity index (χ1n) is 12.8. The fourth-order valence-corrected chi connectivity index (χ4v) is 4.82. The molecule has 1 heterocycles. The van der Waals surface area contributed by atoms with Crippen molar-refractivity contribution in [3.63, 3.8) is 0 Å². The van der Waals surface area contributed by atoms with E-state index in [-0.39, 0.29) is 35.1 Å². The maximum absolute atomic E-state index is 13.1. The van der Waals surface area contributed by atoms with Gasteiger partial charge in [-0.1, -0.05) is 12.1 Å². The van der Waals surface area contributed by atoms with Gasteiger partial charge in [0.05, 0.1) is 37.3 Å². The number of phenols is 1. The van der Waals surface area contributed by atoms with Crippen LogP contribution in [0.3, 0.4) is 0 Å². The van der Waals surface area contributed by atoms with E-state index in [1.54, 1.807) is 6.07 Å². The highest BCUT2D eigenvalue weighted by atomic mass is 35.5. The van der Waals surface area contributed by atoms with E-state index >= 15 is 0 Å². The molecule has 0 bridgehead atoms. The van der Waals surface area contributed by atoms with Crippen molar-refractivity contribution < 1.29 is 41.0 Å². The molecule has 9 nitrogen and oxygen atoms in total. The first kappa shape index (κ1) is 33.0. The number of ether oxygens (including phenoxy) is 2. The Hall–Kier alpha value is -3.52. The van der Waals surface area contributed by atoms with E-state index in [1.165, 1.54) is 42.5 Å². The molecule has 1 aliphatic heterocycles. The molecule has 0 atom stereocenters. The fourth-order valence-electron chi connectivity index (χ4n) is 4.25. The van der Waals surface area contributed by atoms with Gasteiger partial charge in [-0.05, 0) is 60.5 Å². The van der Waals surface area contributed by atoms with Gasteiger partial charge < -0.3 is 19.9 Å². The van der Waals surface area contributed by atoms with E-state index in [0.29, 0.717) is 43.1 Å². The maximum Gasteiger partial charge on any atom is 0.416 e. The molecule has 228 valence electrons. The molecular weight excluding hydrogens is 599 g/mol. The number of hydrogen-bond donors (Lipinski definition) is 3. The summed E-state index contributed by atoms with van der Waals surface area (Å²) in [5, 5.41) is 12.6. The third-order valence-corrected chi connectivity index (χ3v) is 6.89. The molecule has 0 aliphatic carbocycles. The molecule has 0 radical (unpaired) electrons. The van der Waals surface area contributed by atoms with Gasteiger partial charge in [0.15, 0.2) is 0 Å². The lowest BCUT2D eigenvalue weighted by Gasteiger charge is -2.26. The maximum atomic E-state index is 13.1. The van der Waals surface area contributed by atoms with E-state index < -0.39 is 27.7 Å². The number of nitrogens with zero attached hydrogens (tertiary/aromatic N) is 1. The Kier molecular flexibility index (Phi) is 11.1. The molecule has 1 saturated heterocycles. The summed E-state index contributed by atoms with van der Waals surface area (Å²) in [6.07, 6.45) is -2.85. The van der Waals surface area contributed by atoms with Crippen molar-refractivity contribution in [2.75, 3.05) is 55.7 Å². The predicted molar refractivity (Wildman–Crippen MR) is 156 cm³/mol. The van der Waals surface area contributed by atoms with E-state index in [2.05, 4.69) is 14.9 Å². The number of anilines is 2. The molecule has 0 spiro atoms. The zero-order chi connectivity index (χ0) is 29.6. The molecule has 4 rings (SSSR count). The van der Waals surface area contributed by atoms with Gasteiger partial charge in [-0.15, -0.1) is 12.4 Å². The second kappa shape index (κ2) is 14.1. The molecular formula is C28H31ClF3N3O6S. The average Bonchev–Trinajstić information content (AvgIpc) is 2.92. The number of sulfonamides is 1. The second-order valence-electron chi connectivity index (χ2n) is 9.50. The van der Waals surface area contributed by atoms with E-state index in [0.717, 1.165) is 38.0 Å². The molecule has 0 aromatic heterocycles. The Bertz CT molecular complexity index is 1480. The van der Waals surface area contributed by atoms with Crippen LogP contribution in [-0.2, 0) is 20.9 Å². The number of nitrogens with one attached hydrogen (secondary N) is 2. The van der Waals surface area contributed by atoms with Crippen LogP contribution in [0.1, 0.15) is 22.3 Å². The van der Waals surface area contributed by atoms with Gasteiger partial charge in [0.25, 0.3) is 5.91 Å². The van der Waals surface area contributed by atoms with Crippen LogP contribution in [-0.4, -0.2) is 70.0 Å². The van der Waals surface area contributed by atoms with Crippen molar-refractivity contribution >= 4 is 39.7 Å². The molecule has 0 saturated carbocycles. The molecule has 1 amide bonds. The number of rotatable bonds is 10. The van der Waals surface area contributed by atoms with Crippen LogP contribution in [0.2, 0.25) is 0 Å². The molecule has 42 heavy (non-hydrogen) atoms. The summed E-state index contributed by atoms with van der Waals surface area (Å²) in [6.45, 7) is 4.08. The normalized spacial score (nSPS) is 14.1. The number of phenolic OH excluding ortho intramolecular Hbond substituents is 1. The number of carbonyl (C=O) groups is 1. The molecule has 3 N–H and O–H groups in total. The minimum Gasteiger partial charge on any atom is -0.506 e. The standard InChI is InChI=1S/C28H30F3N3O6S.ClH/c1-41(37,38)33-24-18-22(8-10-25(24)35)32-27(36)20-5-9-23(19-3-6-21(7-4-19)28(29,30)31)26(17-20)40-14-2-11-34-12-15-39-16-13-34;/h3-10,17-18,33,35H,2,11-16H2,1H3,(H,32,36);1H. The van der Waals surface area contributed by atoms with Crippen LogP contribution in [0.5, 0.6) is 11.5 Å². The summed E-state index contributed by atoms with van der Waals surface area (Å²) in [7, 11) is -3.67. The quantitative estimate of drug-likeness (QED) is 0.160. The predicted octanol–water partition coefficient (Wildman–Crippen LogP) is 5.22. The number of amides is 1. The first-order valence-corrected chi connectivity index (χ1v) is 14.6. The number of aromatic hydroxyl groups is 1. The van der Waals surface area contributed by atoms with Crippen LogP contribution in [0, 0.1) is 0 Å². The van der Waals surface area contributed by atoms with Crippen LogP contribution >= 0.6 is 12.4 Å². The summed E-state index contributed by atoms with van der Waals surface area (Å²) in [4.78, 5) is 15.3. The smallest absolute Gasteiger partial charge is 0.416 e. The van der Waals surface area contributed by atoms with Crippen LogP contribution in [0.15, 0.2) is 60.7 Å². The summed E-state index contributed by atoms with van der Waals surface area (Å²) in [6, 6.07) is 13.2. The lowest BCUT2D eigenvalue weighted by molar-refractivity contribution is -0.137. The Labute approximate surface area is 248 Å². The summed E-state index contributed by atoms with van der Waals surface area (Å²) in [5.74, 6) is -0.537. The number of carbonyl (C=O) groups excluding carboxylic acids is 1. The van der Waals surface area contributed by atoms with Gasteiger partial charge in [0.2, 0.25) is 10.0 Å². The van der Waals surface area contributed by atoms with Crippen molar-refractivity contribution in [1.29, 1.82) is 0 Å². The van der Waals surface area contributed by atoms with Crippen molar-refractivity contribution in [3.05, 3.63) is 71.8 Å². The minimum absolute atomic E-state index is 0. The molecule has 1 aliphatic rings. The topological polar surface area (TPSA) is 117 Å². The van der Waals surface area contributed by atoms with E-state index in [4.69, 9.17) is 9.47 Å². The van der Waals surface area contributed by atoms with Gasteiger partial charge in [0, 0.05) is 36.4 Å². The Balaban J connectivity index is 0.00000484. The van der Waals surface area contributed by atoms with Crippen LogP contribution in [0.25, 0.3) is 11.1 Å². The van der Waals surface area contributed by atoms with Crippen LogP contribution < -0.4 is 14.8 Å². The number of morpholine rings is 1.